The molecule has 2 heterocycles. The van der Waals surface area contributed by atoms with E-state index in [1.54, 1.807) is 12.3 Å². The van der Waals surface area contributed by atoms with Gasteiger partial charge in [-0.25, -0.2) is 4.39 Å². The van der Waals surface area contributed by atoms with Crippen LogP contribution in [0.25, 0.3) is 27.9 Å². The first kappa shape index (κ1) is 20.5. The molecule has 0 spiro atoms. The van der Waals surface area contributed by atoms with Gasteiger partial charge >= 0.3 is 0 Å². The third-order valence-electron chi connectivity index (χ3n) is 5.95. The van der Waals surface area contributed by atoms with Crippen LogP contribution in [0.15, 0.2) is 80.7 Å². The third kappa shape index (κ3) is 3.75. The third-order valence-corrected chi connectivity index (χ3v) is 5.95. The molecular formula is C26H27FN4. The minimum absolute atomic E-state index is 0.325. The van der Waals surface area contributed by atoms with E-state index in [4.69, 9.17) is 5.73 Å². The van der Waals surface area contributed by atoms with Gasteiger partial charge in [-0.05, 0) is 23.3 Å². The van der Waals surface area contributed by atoms with Crippen molar-refractivity contribution < 1.29 is 4.39 Å². The molecule has 1 fully saturated rings. The summed E-state index contributed by atoms with van der Waals surface area (Å²) in [5, 5.41) is 0.464. The average Bonchev–Trinajstić information content (AvgIpc) is 3.24. The van der Waals surface area contributed by atoms with Gasteiger partial charge < -0.3 is 20.5 Å². The zero-order chi connectivity index (χ0) is 22.1. The maximum Gasteiger partial charge on any atom is 0.133 e. The number of H-pyrrole nitrogens is 1. The van der Waals surface area contributed by atoms with Crippen LogP contribution >= 0.6 is 0 Å². The lowest BCUT2D eigenvalue weighted by atomic mass is 10.00. The number of nitrogens with two attached hydrogens (primary N) is 1. The van der Waals surface area contributed by atoms with Crippen LogP contribution in [0.2, 0.25) is 0 Å². The molecule has 0 radical (unpaired) electrons. The summed E-state index contributed by atoms with van der Waals surface area (Å²) in [6, 6.07) is 13.2. The molecule has 4 nitrogen and oxygen atoms in total. The second-order valence-electron chi connectivity index (χ2n) is 7.78. The standard InChI is InChI=1S/C26H27FN4/c1-17(23-16-29-26-22(18(2)28)10-11-24(27)25(23)26)19(3)30-12-14-31(15-13-30)20(4)21-8-6-5-7-9-21/h5-11,16,29H,1-4,12-15,28H2. The van der Waals surface area contributed by atoms with Crippen molar-refractivity contribution >= 4 is 27.9 Å². The second kappa shape index (κ2) is 8.19. The van der Waals surface area contributed by atoms with Crippen LogP contribution in [-0.2, 0) is 0 Å². The molecule has 1 saturated heterocycles. The van der Waals surface area contributed by atoms with Gasteiger partial charge in [0.2, 0.25) is 0 Å². The van der Waals surface area contributed by atoms with Gasteiger partial charge in [-0.15, -0.1) is 0 Å². The van der Waals surface area contributed by atoms with Gasteiger partial charge in [0.15, 0.2) is 0 Å². The summed E-state index contributed by atoms with van der Waals surface area (Å²) in [6.07, 6.45) is 1.77. The number of rotatable bonds is 6. The summed E-state index contributed by atoms with van der Waals surface area (Å²) in [5.74, 6) is -0.325. The van der Waals surface area contributed by atoms with E-state index >= 15 is 0 Å². The first-order valence-corrected chi connectivity index (χ1v) is 10.3. The summed E-state index contributed by atoms with van der Waals surface area (Å²) in [6.45, 7) is 19.8. The largest absolute Gasteiger partial charge is 0.399 e. The maximum absolute atomic E-state index is 14.7. The van der Waals surface area contributed by atoms with E-state index in [1.165, 1.54) is 6.07 Å². The molecule has 0 saturated carbocycles. The van der Waals surface area contributed by atoms with Crippen molar-refractivity contribution in [2.45, 2.75) is 0 Å². The van der Waals surface area contributed by atoms with Crippen LogP contribution in [0.5, 0.6) is 0 Å². The molecule has 3 N–H and O–H groups in total. The first-order valence-electron chi connectivity index (χ1n) is 10.3. The van der Waals surface area contributed by atoms with E-state index in [2.05, 4.69) is 53.2 Å². The van der Waals surface area contributed by atoms with Crippen molar-refractivity contribution in [3.05, 3.63) is 103 Å². The summed E-state index contributed by atoms with van der Waals surface area (Å²) in [4.78, 5) is 7.61. The van der Waals surface area contributed by atoms with Gasteiger partial charge in [-0.3, -0.25) is 0 Å². The number of aromatic amines is 1. The van der Waals surface area contributed by atoms with Crippen LogP contribution in [-0.4, -0.2) is 41.0 Å². The molecule has 2 aromatic carbocycles. The predicted octanol–water partition coefficient (Wildman–Crippen LogP) is 5.05. The normalized spacial score (nSPS) is 14.0. The summed E-state index contributed by atoms with van der Waals surface area (Å²) < 4.78 is 14.7. The fourth-order valence-corrected chi connectivity index (χ4v) is 4.12. The van der Waals surface area contributed by atoms with Gasteiger partial charge in [-0.1, -0.05) is 56.6 Å². The van der Waals surface area contributed by atoms with Crippen LogP contribution in [0.1, 0.15) is 16.7 Å². The Morgan fingerprint density at radius 3 is 2.16 bits per heavy atom. The molecule has 0 aliphatic carbocycles. The number of fused-ring (bicyclic) bond motifs is 1. The molecular weight excluding hydrogens is 387 g/mol. The van der Waals surface area contributed by atoms with Gasteiger partial charge in [0.25, 0.3) is 0 Å². The van der Waals surface area contributed by atoms with Crippen molar-refractivity contribution in [2.24, 2.45) is 5.73 Å². The minimum atomic E-state index is -0.325. The fraction of sp³-hybridized carbons (Fsp3) is 0.154. The lowest BCUT2D eigenvalue weighted by Gasteiger charge is -2.39. The number of hydrogen-bond acceptors (Lipinski definition) is 3. The van der Waals surface area contributed by atoms with E-state index in [9.17, 15) is 4.39 Å². The lowest BCUT2D eigenvalue weighted by Crippen LogP contribution is -2.44. The number of aromatic nitrogens is 1. The number of allylic oxidation sites excluding steroid dienone is 1. The van der Waals surface area contributed by atoms with Crippen molar-refractivity contribution in [3.63, 3.8) is 0 Å². The van der Waals surface area contributed by atoms with Crippen LogP contribution in [0.4, 0.5) is 4.39 Å². The monoisotopic (exact) mass is 414 g/mol. The molecule has 1 aliphatic heterocycles. The number of hydrogen-bond donors (Lipinski definition) is 2. The Morgan fingerprint density at radius 1 is 0.871 bits per heavy atom. The van der Waals surface area contributed by atoms with Crippen molar-refractivity contribution in [1.82, 2.24) is 14.8 Å². The highest BCUT2D eigenvalue weighted by molar-refractivity contribution is 6.00. The number of halogens is 1. The van der Waals surface area contributed by atoms with Crippen molar-refractivity contribution in [3.8, 4) is 0 Å². The Kier molecular flexibility index (Phi) is 5.42. The van der Waals surface area contributed by atoms with E-state index in [-0.39, 0.29) is 5.82 Å². The zero-order valence-electron chi connectivity index (χ0n) is 17.6. The molecule has 0 unspecified atom stereocenters. The van der Waals surface area contributed by atoms with Crippen molar-refractivity contribution in [1.29, 1.82) is 0 Å². The predicted molar refractivity (Wildman–Crippen MR) is 128 cm³/mol. The molecule has 5 heteroatoms. The van der Waals surface area contributed by atoms with E-state index in [0.29, 0.717) is 33.3 Å². The minimum Gasteiger partial charge on any atom is -0.399 e. The Bertz CT molecular complexity index is 1180. The second-order valence-corrected chi connectivity index (χ2v) is 7.78. The Hall–Kier alpha value is -3.73. The Balaban J connectivity index is 1.50. The topological polar surface area (TPSA) is 48.3 Å². The molecule has 0 atom stereocenters. The summed E-state index contributed by atoms with van der Waals surface area (Å²) in [5.41, 5.74) is 11.9. The quantitative estimate of drug-likeness (QED) is 0.555. The first-order chi connectivity index (χ1) is 14.9. The fourth-order valence-electron chi connectivity index (χ4n) is 4.12. The van der Waals surface area contributed by atoms with Crippen LogP contribution < -0.4 is 5.73 Å². The van der Waals surface area contributed by atoms with Gasteiger partial charge in [0.1, 0.15) is 5.82 Å². The van der Waals surface area contributed by atoms with Crippen LogP contribution in [0.3, 0.4) is 0 Å². The Morgan fingerprint density at radius 2 is 1.52 bits per heavy atom. The van der Waals surface area contributed by atoms with Gasteiger partial charge in [0.05, 0.1) is 5.52 Å². The zero-order valence-corrected chi connectivity index (χ0v) is 17.6. The average molecular weight is 415 g/mol. The molecule has 158 valence electrons. The van der Waals surface area contributed by atoms with E-state index < -0.39 is 0 Å². The number of nitrogens with zero attached hydrogens (tertiary/aromatic N) is 2. The highest BCUT2D eigenvalue weighted by atomic mass is 19.1. The smallest absolute Gasteiger partial charge is 0.133 e. The highest BCUT2D eigenvalue weighted by Crippen LogP contribution is 2.34. The molecule has 1 aliphatic rings. The summed E-state index contributed by atoms with van der Waals surface area (Å²) >= 11 is 0. The lowest BCUT2D eigenvalue weighted by molar-refractivity contribution is 0.220. The van der Waals surface area contributed by atoms with Gasteiger partial charge in [0, 0.05) is 66.0 Å². The Labute approximate surface area is 182 Å². The molecule has 4 rings (SSSR count). The van der Waals surface area contributed by atoms with Gasteiger partial charge in [-0.2, -0.15) is 0 Å². The summed E-state index contributed by atoms with van der Waals surface area (Å²) in [7, 11) is 0. The van der Waals surface area contributed by atoms with Crippen LogP contribution in [0, 0.1) is 5.82 Å². The maximum atomic E-state index is 14.7. The molecule has 0 bridgehead atoms. The molecule has 3 aromatic rings. The highest BCUT2D eigenvalue weighted by Gasteiger charge is 2.23. The molecule has 1 aromatic heterocycles. The van der Waals surface area contributed by atoms with Crippen molar-refractivity contribution in [2.75, 3.05) is 26.2 Å². The van der Waals surface area contributed by atoms with E-state index in [0.717, 1.165) is 43.1 Å². The molecule has 31 heavy (non-hydrogen) atoms. The SMILES string of the molecule is C=C(N)c1ccc(F)c2c(C(=C)C(=C)N3CCN(C(=C)c4ccccc4)CC3)c[nH]c12. The molecule has 0 amide bonds. The number of piperazine rings is 1. The number of nitrogens with one attached hydrogen (secondary N) is 1. The van der Waals surface area contributed by atoms with E-state index in [1.807, 2.05) is 18.2 Å². The number of benzene rings is 2.